The molecule has 1 N–H and O–H groups in total. The van der Waals surface area contributed by atoms with Crippen molar-refractivity contribution in [1.82, 2.24) is 10.2 Å². The van der Waals surface area contributed by atoms with Crippen LogP contribution in [-0.4, -0.2) is 37.6 Å². The van der Waals surface area contributed by atoms with Gasteiger partial charge in [0.1, 0.15) is 0 Å². The summed E-state index contributed by atoms with van der Waals surface area (Å²) in [7, 11) is 1.90. The van der Waals surface area contributed by atoms with Crippen molar-refractivity contribution in [3.63, 3.8) is 0 Å². The highest BCUT2D eigenvalue weighted by atomic mass is 16.5. The quantitative estimate of drug-likeness (QED) is 0.664. The molecule has 24 heavy (non-hydrogen) atoms. The molecule has 2 atom stereocenters. The first kappa shape index (κ1) is 17.3. The smallest absolute Gasteiger partial charge is 0.193 e. The van der Waals surface area contributed by atoms with E-state index in [0.717, 1.165) is 30.9 Å². The zero-order chi connectivity index (χ0) is 16.8. The van der Waals surface area contributed by atoms with Crippen LogP contribution in [0.3, 0.4) is 0 Å². The van der Waals surface area contributed by atoms with Gasteiger partial charge in [-0.15, -0.1) is 0 Å². The Morgan fingerprint density at radius 1 is 1.17 bits per heavy atom. The number of nitrogens with zero attached hydrogens (tertiary/aromatic N) is 2. The van der Waals surface area contributed by atoms with Crippen molar-refractivity contribution >= 4 is 5.96 Å². The fourth-order valence-corrected chi connectivity index (χ4v) is 4.17. The van der Waals surface area contributed by atoms with Crippen molar-refractivity contribution in [2.45, 2.75) is 45.8 Å². The van der Waals surface area contributed by atoms with Crippen molar-refractivity contribution in [3.05, 3.63) is 35.4 Å². The standard InChI is InChI=1S/C20H31N3O/c1-3-24-15-19-11-7-4-8-16(19)12-22-20(21-2)23-13-17-9-5-6-10-18(17)14-23/h4,7-8,11,17-18H,3,5-6,9-10,12-15H2,1-2H3,(H,21,22). The van der Waals surface area contributed by atoms with E-state index in [-0.39, 0.29) is 0 Å². The topological polar surface area (TPSA) is 36.9 Å². The van der Waals surface area contributed by atoms with Gasteiger partial charge in [-0.2, -0.15) is 0 Å². The third-order valence-electron chi connectivity index (χ3n) is 5.50. The fraction of sp³-hybridized carbons (Fsp3) is 0.650. The largest absolute Gasteiger partial charge is 0.377 e. The summed E-state index contributed by atoms with van der Waals surface area (Å²) in [4.78, 5) is 7.00. The van der Waals surface area contributed by atoms with E-state index in [1.165, 1.54) is 49.9 Å². The van der Waals surface area contributed by atoms with E-state index in [1.54, 1.807) is 0 Å². The summed E-state index contributed by atoms with van der Waals surface area (Å²) >= 11 is 0. The van der Waals surface area contributed by atoms with Gasteiger partial charge in [0.15, 0.2) is 5.96 Å². The molecule has 2 fully saturated rings. The van der Waals surface area contributed by atoms with E-state index in [1.807, 2.05) is 14.0 Å². The van der Waals surface area contributed by atoms with Gasteiger partial charge in [-0.3, -0.25) is 4.99 Å². The summed E-state index contributed by atoms with van der Waals surface area (Å²) in [5.74, 6) is 2.81. The van der Waals surface area contributed by atoms with Gasteiger partial charge in [0.25, 0.3) is 0 Å². The van der Waals surface area contributed by atoms with E-state index in [9.17, 15) is 0 Å². The lowest BCUT2D eigenvalue weighted by molar-refractivity contribution is 0.133. The predicted octanol–water partition coefficient (Wildman–Crippen LogP) is 3.42. The maximum absolute atomic E-state index is 5.59. The van der Waals surface area contributed by atoms with Gasteiger partial charge in [0.2, 0.25) is 0 Å². The van der Waals surface area contributed by atoms with E-state index in [4.69, 9.17) is 4.74 Å². The van der Waals surface area contributed by atoms with Crippen molar-refractivity contribution in [3.8, 4) is 0 Å². The summed E-state index contributed by atoms with van der Waals surface area (Å²) in [6, 6.07) is 8.51. The second-order valence-corrected chi connectivity index (χ2v) is 7.02. The van der Waals surface area contributed by atoms with Crippen LogP contribution in [0.2, 0.25) is 0 Å². The Morgan fingerprint density at radius 3 is 2.46 bits per heavy atom. The maximum Gasteiger partial charge on any atom is 0.193 e. The van der Waals surface area contributed by atoms with Gasteiger partial charge in [-0.25, -0.2) is 0 Å². The molecule has 0 amide bonds. The lowest BCUT2D eigenvalue weighted by Crippen LogP contribution is -2.40. The van der Waals surface area contributed by atoms with Crippen LogP contribution in [0.25, 0.3) is 0 Å². The number of hydrogen-bond acceptors (Lipinski definition) is 2. The minimum atomic E-state index is 0.681. The van der Waals surface area contributed by atoms with E-state index < -0.39 is 0 Å². The van der Waals surface area contributed by atoms with Crippen LogP contribution >= 0.6 is 0 Å². The Morgan fingerprint density at radius 2 is 1.83 bits per heavy atom. The van der Waals surface area contributed by atoms with Crippen LogP contribution in [0, 0.1) is 11.8 Å². The van der Waals surface area contributed by atoms with E-state index >= 15 is 0 Å². The van der Waals surface area contributed by atoms with Crippen LogP contribution in [0.1, 0.15) is 43.7 Å². The first-order valence-corrected chi connectivity index (χ1v) is 9.42. The highest BCUT2D eigenvalue weighted by molar-refractivity contribution is 5.80. The van der Waals surface area contributed by atoms with Gasteiger partial charge in [-0.05, 0) is 42.7 Å². The molecule has 1 aromatic carbocycles. The van der Waals surface area contributed by atoms with E-state index in [2.05, 4.69) is 39.5 Å². The number of aliphatic imine (C=N–C) groups is 1. The van der Waals surface area contributed by atoms with Crippen molar-refractivity contribution < 1.29 is 4.74 Å². The summed E-state index contributed by atoms with van der Waals surface area (Å²) in [5, 5.41) is 3.57. The normalized spacial score (nSPS) is 24.1. The molecule has 132 valence electrons. The summed E-state index contributed by atoms with van der Waals surface area (Å²) in [6.45, 7) is 6.62. The minimum absolute atomic E-state index is 0.681. The summed E-state index contributed by atoms with van der Waals surface area (Å²) < 4.78 is 5.59. The van der Waals surface area contributed by atoms with Crippen LogP contribution < -0.4 is 5.32 Å². The second-order valence-electron chi connectivity index (χ2n) is 7.02. The molecule has 2 unspecified atom stereocenters. The Bertz CT molecular complexity index is 544. The lowest BCUT2D eigenvalue weighted by atomic mass is 9.82. The SMILES string of the molecule is CCOCc1ccccc1CNC(=NC)N1CC2CCCCC2C1. The van der Waals surface area contributed by atoms with Crippen LogP contribution in [-0.2, 0) is 17.9 Å². The Kier molecular flexibility index (Phi) is 6.13. The zero-order valence-corrected chi connectivity index (χ0v) is 15.1. The molecule has 1 heterocycles. The van der Waals surface area contributed by atoms with Crippen molar-refractivity contribution in [2.75, 3.05) is 26.7 Å². The summed E-state index contributed by atoms with van der Waals surface area (Å²) in [6.07, 6.45) is 5.61. The van der Waals surface area contributed by atoms with Gasteiger partial charge in [-0.1, -0.05) is 37.1 Å². The maximum atomic E-state index is 5.59. The Balaban J connectivity index is 1.59. The average Bonchev–Trinajstić information content (AvgIpc) is 3.05. The molecule has 1 aliphatic heterocycles. The van der Waals surface area contributed by atoms with Crippen LogP contribution in [0.5, 0.6) is 0 Å². The molecule has 1 saturated carbocycles. The number of ether oxygens (including phenoxy) is 1. The molecular formula is C20H31N3O. The molecule has 4 nitrogen and oxygen atoms in total. The van der Waals surface area contributed by atoms with Gasteiger partial charge < -0.3 is 15.0 Å². The first-order chi connectivity index (χ1) is 11.8. The van der Waals surface area contributed by atoms with Gasteiger partial charge in [0.05, 0.1) is 6.61 Å². The first-order valence-electron chi connectivity index (χ1n) is 9.42. The molecule has 0 radical (unpaired) electrons. The molecule has 0 aromatic heterocycles. The highest BCUT2D eigenvalue weighted by Crippen LogP contribution is 2.35. The van der Waals surface area contributed by atoms with Crippen molar-refractivity contribution in [2.24, 2.45) is 16.8 Å². The lowest BCUT2D eigenvalue weighted by Gasteiger charge is -2.22. The molecule has 1 aliphatic carbocycles. The molecule has 2 aliphatic rings. The fourth-order valence-electron chi connectivity index (χ4n) is 4.17. The van der Waals surface area contributed by atoms with Crippen LogP contribution in [0.4, 0.5) is 0 Å². The number of likely N-dealkylation sites (tertiary alicyclic amines) is 1. The Hall–Kier alpha value is -1.55. The average molecular weight is 329 g/mol. The number of hydrogen-bond donors (Lipinski definition) is 1. The monoisotopic (exact) mass is 329 g/mol. The molecular weight excluding hydrogens is 298 g/mol. The molecule has 0 spiro atoms. The highest BCUT2D eigenvalue weighted by Gasteiger charge is 2.35. The van der Waals surface area contributed by atoms with Gasteiger partial charge in [0, 0.05) is 33.3 Å². The molecule has 1 saturated heterocycles. The number of fused-ring (bicyclic) bond motifs is 1. The second kappa shape index (κ2) is 8.52. The summed E-state index contributed by atoms with van der Waals surface area (Å²) in [5.41, 5.74) is 2.56. The third-order valence-corrected chi connectivity index (χ3v) is 5.50. The number of guanidine groups is 1. The number of rotatable bonds is 5. The zero-order valence-electron chi connectivity index (χ0n) is 15.1. The number of benzene rings is 1. The minimum Gasteiger partial charge on any atom is -0.377 e. The molecule has 0 bridgehead atoms. The molecule has 1 aromatic rings. The Labute approximate surface area is 146 Å². The van der Waals surface area contributed by atoms with Crippen molar-refractivity contribution in [1.29, 1.82) is 0 Å². The predicted molar refractivity (Wildman–Crippen MR) is 99.0 cm³/mol. The molecule has 3 rings (SSSR count). The third kappa shape index (κ3) is 4.10. The van der Waals surface area contributed by atoms with Gasteiger partial charge >= 0.3 is 0 Å². The van der Waals surface area contributed by atoms with E-state index in [0.29, 0.717) is 6.61 Å². The number of nitrogens with one attached hydrogen (secondary N) is 1. The molecule has 4 heteroatoms. The van der Waals surface area contributed by atoms with Crippen LogP contribution in [0.15, 0.2) is 29.3 Å².